The van der Waals surface area contributed by atoms with Gasteiger partial charge < -0.3 is 16.2 Å². The fourth-order valence-electron chi connectivity index (χ4n) is 2.36. The fourth-order valence-corrected chi connectivity index (χ4v) is 2.36. The zero-order valence-corrected chi connectivity index (χ0v) is 10.4. The molecule has 1 fully saturated rings. The maximum atomic E-state index is 12.0. The van der Waals surface area contributed by atoms with E-state index in [1.165, 1.54) is 0 Å². The Bertz CT molecular complexity index is 394. The minimum absolute atomic E-state index is 0.152. The number of carbonyl (C=O) groups is 1. The minimum Gasteiger partial charge on any atom is -0.391 e. The quantitative estimate of drug-likeness (QED) is 0.750. The van der Waals surface area contributed by atoms with Crippen LogP contribution in [0, 0.1) is 0 Å². The number of benzene rings is 1. The van der Waals surface area contributed by atoms with Gasteiger partial charge in [0.25, 0.3) is 0 Å². The highest BCUT2D eigenvalue weighted by Gasteiger charge is 2.26. The van der Waals surface area contributed by atoms with Crippen molar-refractivity contribution in [2.45, 2.75) is 43.9 Å². The van der Waals surface area contributed by atoms with Crippen molar-refractivity contribution in [3.8, 4) is 0 Å². The number of nitrogens with two attached hydrogens (primary N) is 1. The van der Waals surface area contributed by atoms with Crippen LogP contribution in [-0.2, 0) is 4.79 Å². The third-order valence-electron chi connectivity index (χ3n) is 3.50. The van der Waals surface area contributed by atoms with Crippen LogP contribution in [0.3, 0.4) is 0 Å². The zero-order chi connectivity index (χ0) is 13.0. The molecule has 1 amide bonds. The van der Waals surface area contributed by atoms with Gasteiger partial charge in [-0.3, -0.25) is 4.79 Å². The van der Waals surface area contributed by atoms with Gasteiger partial charge in [0.2, 0.25) is 5.91 Å². The molecule has 3 atom stereocenters. The van der Waals surface area contributed by atoms with Crippen molar-refractivity contribution in [3.63, 3.8) is 0 Å². The monoisotopic (exact) mass is 248 g/mol. The summed E-state index contributed by atoms with van der Waals surface area (Å²) in [5, 5.41) is 12.7. The molecule has 1 aliphatic carbocycles. The standard InChI is InChI=1S/C14H20N2O2/c15-13(10-6-2-1-3-7-10)14(18)16-11-8-4-5-9-12(11)17/h1-3,6-7,11-13,17H,4-5,8-9,15H2,(H,16,18)/t11-,12-,13-/m1/s1. The number of amides is 1. The van der Waals surface area contributed by atoms with Crippen molar-refractivity contribution in [3.05, 3.63) is 35.9 Å². The molecule has 0 heterocycles. The molecule has 1 saturated carbocycles. The first kappa shape index (κ1) is 13.1. The topological polar surface area (TPSA) is 75.4 Å². The summed E-state index contributed by atoms with van der Waals surface area (Å²) in [7, 11) is 0. The molecule has 4 N–H and O–H groups in total. The van der Waals surface area contributed by atoms with E-state index < -0.39 is 12.1 Å². The lowest BCUT2D eigenvalue weighted by Gasteiger charge is -2.29. The lowest BCUT2D eigenvalue weighted by molar-refractivity contribution is -0.124. The molecule has 0 aromatic heterocycles. The largest absolute Gasteiger partial charge is 0.391 e. The number of hydrogen-bond donors (Lipinski definition) is 3. The summed E-state index contributed by atoms with van der Waals surface area (Å²) in [6.07, 6.45) is 3.21. The Kier molecular flexibility index (Phi) is 4.33. The number of carbonyl (C=O) groups excluding carboxylic acids is 1. The first-order chi connectivity index (χ1) is 8.68. The van der Waals surface area contributed by atoms with Crippen LogP contribution in [0.2, 0.25) is 0 Å². The molecular formula is C14H20N2O2. The Labute approximate surface area is 107 Å². The Morgan fingerprint density at radius 1 is 1.28 bits per heavy atom. The second kappa shape index (κ2) is 5.98. The SMILES string of the molecule is N[C@@H](C(=O)N[C@@H]1CCCC[C@H]1O)c1ccccc1. The second-order valence-corrected chi connectivity index (χ2v) is 4.86. The van der Waals surface area contributed by atoms with Crippen LogP contribution in [0.1, 0.15) is 37.3 Å². The average molecular weight is 248 g/mol. The average Bonchev–Trinajstić information content (AvgIpc) is 2.41. The van der Waals surface area contributed by atoms with Crippen LogP contribution >= 0.6 is 0 Å². The van der Waals surface area contributed by atoms with E-state index >= 15 is 0 Å². The van der Waals surface area contributed by atoms with Gasteiger partial charge in [-0.1, -0.05) is 43.2 Å². The number of hydrogen-bond acceptors (Lipinski definition) is 3. The zero-order valence-electron chi connectivity index (χ0n) is 10.4. The smallest absolute Gasteiger partial charge is 0.241 e. The van der Waals surface area contributed by atoms with E-state index in [0.29, 0.717) is 0 Å². The van der Waals surface area contributed by atoms with Gasteiger partial charge in [-0.05, 0) is 18.4 Å². The lowest BCUT2D eigenvalue weighted by atomic mass is 9.92. The summed E-state index contributed by atoms with van der Waals surface area (Å²) in [6, 6.07) is 8.46. The van der Waals surface area contributed by atoms with Crippen molar-refractivity contribution in [2.75, 3.05) is 0 Å². The normalized spacial score (nSPS) is 25.4. The first-order valence-corrected chi connectivity index (χ1v) is 6.47. The first-order valence-electron chi connectivity index (χ1n) is 6.47. The Morgan fingerprint density at radius 2 is 1.94 bits per heavy atom. The molecule has 1 aromatic carbocycles. The van der Waals surface area contributed by atoms with Crippen LogP contribution in [0.5, 0.6) is 0 Å². The van der Waals surface area contributed by atoms with Crippen molar-refractivity contribution < 1.29 is 9.90 Å². The summed E-state index contributed by atoms with van der Waals surface area (Å²) >= 11 is 0. The van der Waals surface area contributed by atoms with Crippen molar-refractivity contribution in [1.29, 1.82) is 0 Å². The Morgan fingerprint density at radius 3 is 2.61 bits per heavy atom. The van der Waals surface area contributed by atoms with E-state index in [1.807, 2.05) is 30.3 Å². The molecule has 0 radical (unpaired) electrons. The molecule has 98 valence electrons. The van der Waals surface area contributed by atoms with Gasteiger partial charge in [-0.15, -0.1) is 0 Å². The summed E-state index contributed by atoms with van der Waals surface area (Å²) < 4.78 is 0. The Hall–Kier alpha value is -1.39. The molecular weight excluding hydrogens is 228 g/mol. The van der Waals surface area contributed by atoms with Crippen LogP contribution in [0.25, 0.3) is 0 Å². The van der Waals surface area contributed by atoms with Crippen molar-refractivity contribution in [1.82, 2.24) is 5.32 Å². The molecule has 0 aliphatic heterocycles. The number of aliphatic hydroxyl groups excluding tert-OH is 1. The molecule has 0 unspecified atom stereocenters. The summed E-state index contributed by atoms with van der Waals surface area (Å²) in [5.74, 6) is -0.216. The maximum absolute atomic E-state index is 12.0. The molecule has 18 heavy (non-hydrogen) atoms. The fraction of sp³-hybridized carbons (Fsp3) is 0.500. The molecule has 4 nitrogen and oxygen atoms in total. The Balaban J connectivity index is 1.95. The van der Waals surface area contributed by atoms with Crippen LogP contribution in [0.15, 0.2) is 30.3 Å². The van der Waals surface area contributed by atoms with Gasteiger partial charge in [-0.25, -0.2) is 0 Å². The van der Waals surface area contributed by atoms with E-state index in [2.05, 4.69) is 5.32 Å². The highest BCUT2D eigenvalue weighted by Crippen LogP contribution is 2.19. The number of aliphatic hydroxyl groups is 1. The molecule has 0 saturated heterocycles. The molecule has 0 spiro atoms. The van der Waals surface area contributed by atoms with E-state index in [4.69, 9.17) is 5.73 Å². The summed E-state index contributed by atoms with van der Waals surface area (Å²) in [5.41, 5.74) is 6.70. The van der Waals surface area contributed by atoms with E-state index in [1.54, 1.807) is 0 Å². The maximum Gasteiger partial charge on any atom is 0.241 e. The van der Waals surface area contributed by atoms with E-state index in [9.17, 15) is 9.90 Å². The predicted molar refractivity (Wildman–Crippen MR) is 69.8 cm³/mol. The minimum atomic E-state index is -0.666. The third-order valence-corrected chi connectivity index (χ3v) is 3.50. The third kappa shape index (κ3) is 3.09. The van der Waals surface area contributed by atoms with Gasteiger partial charge >= 0.3 is 0 Å². The summed E-state index contributed by atoms with van der Waals surface area (Å²) in [6.45, 7) is 0. The van der Waals surface area contributed by atoms with Crippen LogP contribution in [0.4, 0.5) is 0 Å². The van der Waals surface area contributed by atoms with Gasteiger partial charge in [0.05, 0.1) is 12.1 Å². The molecule has 1 aromatic rings. The number of nitrogens with one attached hydrogen (secondary N) is 1. The van der Waals surface area contributed by atoms with Gasteiger partial charge in [0, 0.05) is 0 Å². The lowest BCUT2D eigenvalue weighted by Crippen LogP contribution is -2.48. The van der Waals surface area contributed by atoms with Crippen LogP contribution in [-0.4, -0.2) is 23.2 Å². The predicted octanol–water partition coefficient (Wildman–Crippen LogP) is 1.11. The highest BCUT2D eigenvalue weighted by molar-refractivity contribution is 5.83. The van der Waals surface area contributed by atoms with E-state index in [-0.39, 0.29) is 11.9 Å². The van der Waals surface area contributed by atoms with Crippen molar-refractivity contribution >= 4 is 5.91 Å². The molecule has 4 heteroatoms. The number of rotatable bonds is 3. The molecule has 2 rings (SSSR count). The second-order valence-electron chi connectivity index (χ2n) is 4.86. The summed E-state index contributed by atoms with van der Waals surface area (Å²) in [4.78, 5) is 12.0. The van der Waals surface area contributed by atoms with Gasteiger partial charge in [0.15, 0.2) is 0 Å². The highest BCUT2D eigenvalue weighted by atomic mass is 16.3. The molecule has 0 bridgehead atoms. The van der Waals surface area contributed by atoms with Crippen molar-refractivity contribution in [2.24, 2.45) is 5.73 Å². The van der Waals surface area contributed by atoms with E-state index in [0.717, 1.165) is 31.2 Å². The van der Waals surface area contributed by atoms with Gasteiger partial charge in [0.1, 0.15) is 6.04 Å². The van der Waals surface area contributed by atoms with Gasteiger partial charge in [-0.2, -0.15) is 0 Å². The van der Waals surface area contributed by atoms with Crippen LogP contribution < -0.4 is 11.1 Å². The molecule has 1 aliphatic rings.